The fourth-order valence-electron chi connectivity index (χ4n) is 3.29. The Labute approximate surface area is 171 Å². The van der Waals surface area contributed by atoms with Crippen LogP contribution < -0.4 is 10.1 Å². The maximum atomic E-state index is 13.5. The minimum Gasteiger partial charge on any atom is -0.497 e. The van der Waals surface area contributed by atoms with Gasteiger partial charge in [0.2, 0.25) is 15.7 Å². The van der Waals surface area contributed by atoms with E-state index in [0.717, 1.165) is 11.3 Å². The Morgan fingerprint density at radius 2 is 1.66 bits per heavy atom. The van der Waals surface area contributed by atoms with Crippen LogP contribution in [0.2, 0.25) is 0 Å². The molecule has 0 radical (unpaired) electrons. The first-order valence-electron chi connectivity index (χ1n) is 9.16. The van der Waals surface area contributed by atoms with Crippen molar-refractivity contribution < 1.29 is 17.9 Å². The minimum atomic E-state index is -3.86. The third-order valence-electron chi connectivity index (χ3n) is 4.89. The standard InChI is InChI=1S/C22H24N2O4S/c1-15-16(2)24(14-18-8-6-5-7-9-18)22(23-17(3)25)21(15)29(26,27)20-12-10-19(28-4)11-13-20/h5-13H,14H2,1-4H3,(H,23,25). The Balaban J connectivity index is 2.19. The van der Waals surface area contributed by atoms with E-state index in [1.54, 1.807) is 19.1 Å². The van der Waals surface area contributed by atoms with Gasteiger partial charge in [-0.25, -0.2) is 8.42 Å². The Morgan fingerprint density at radius 3 is 2.21 bits per heavy atom. The van der Waals surface area contributed by atoms with Crippen molar-refractivity contribution in [3.05, 3.63) is 71.4 Å². The zero-order valence-electron chi connectivity index (χ0n) is 16.9. The van der Waals surface area contributed by atoms with Crippen molar-refractivity contribution in [2.24, 2.45) is 0 Å². The maximum absolute atomic E-state index is 13.5. The van der Waals surface area contributed by atoms with Crippen molar-refractivity contribution >= 4 is 21.6 Å². The molecule has 0 aliphatic rings. The van der Waals surface area contributed by atoms with Gasteiger partial charge in [0, 0.05) is 19.2 Å². The van der Waals surface area contributed by atoms with Crippen molar-refractivity contribution in [3.8, 4) is 5.75 Å². The third kappa shape index (κ3) is 4.05. The number of benzene rings is 2. The highest BCUT2D eigenvalue weighted by molar-refractivity contribution is 7.91. The van der Waals surface area contributed by atoms with Gasteiger partial charge in [0.25, 0.3) is 0 Å². The molecule has 0 saturated heterocycles. The number of hydrogen-bond acceptors (Lipinski definition) is 4. The van der Waals surface area contributed by atoms with Crippen LogP contribution in [-0.2, 0) is 21.2 Å². The predicted molar refractivity (Wildman–Crippen MR) is 112 cm³/mol. The summed E-state index contributed by atoms with van der Waals surface area (Å²) in [5.41, 5.74) is 2.40. The Bertz CT molecular complexity index is 1130. The van der Waals surface area contributed by atoms with Gasteiger partial charge in [0.05, 0.1) is 12.0 Å². The lowest BCUT2D eigenvalue weighted by Gasteiger charge is -2.14. The van der Waals surface area contributed by atoms with Gasteiger partial charge in [-0.3, -0.25) is 4.79 Å². The first-order valence-corrected chi connectivity index (χ1v) is 10.6. The first-order chi connectivity index (χ1) is 13.8. The van der Waals surface area contributed by atoms with Crippen LogP contribution in [-0.4, -0.2) is 26.0 Å². The molecular formula is C22H24N2O4S. The van der Waals surface area contributed by atoms with E-state index < -0.39 is 9.84 Å². The number of ether oxygens (including phenoxy) is 1. The number of carbonyl (C=O) groups excluding carboxylic acids is 1. The maximum Gasteiger partial charge on any atom is 0.222 e. The molecule has 0 aliphatic heterocycles. The summed E-state index contributed by atoms with van der Waals surface area (Å²) in [6, 6.07) is 15.9. The monoisotopic (exact) mass is 412 g/mol. The average molecular weight is 413 g/mol. The minimum absolute atomic E-state index is 0.117. The van der Waals surface area contributed by atoms with Gasteiger partial charge in [0.15, 0.2) is 0 Å². The van der Waals surface area contributed by atoms with Crippen LogP contribution >= 0.6 is 0 Å². The number of anilines is 1. The van der Waals surface area contributed by atoms with Crippen molar-refractivity contribution in [1.82, 2.24) is 4.57 Å². The summed E-state index contributed by atoms with van der Waals surface area (Å²) < 4.78 is 33.9. The number of nitrogens with zero attached hydrogens (tertiary/aromatic N) is 1. The van der Waals surface area contributed by atoms with Crippen molar-refractivity contribution in [3.63, 3.8) is 0 Å². The number of amides is 1. The highest BCUT2D eigenvalue weighted by Crippen LogP contribution is 2.36. The molecule has 1 heterocycles. The van der Waals surface area contributed by atoms with Crippen LogP contribution in [0.15, 0.2) is 64.4 Å². The van der Waals surface area contributed by atoms with Gasteiger partial charge in [0.1, 0.15) is 16.5 Å². The first kappa shape index (κ1) is 20.7. The van der Waals surface area contributed by atoms with Crippen LogP contribution in [0.5, 0.6) is 5.75 Å². The van der Waals surface area contributed by atoms with E-state index in [4.69, 9.17) is 4.74 Å². The predicted octanol–water partition coefficient (Wildman–Crippen LogP) is 3.95. The molecule has 0 saturated carbocycles. The highest BCUT2D eigenvalue weighted by Gasteiger charge is 2.30. The molecule has 7 heteroatoms. The SMILES string of the molecule is COc1ccc(S(=O)(=O)c2c(C)c(C)n(Cc3ccccc3)c2NC(C)=O)cc1. The van der Waals surface area contributed by atoms with Gasteiger partial charge in [-0.05, 0) is 49.2 Å². The molecule has 0 unspecified atom stereocenters. The molecule has 1 N–H and O–H groups in total. The number of methoxy groups -OCH3 is 1. The lowest BCUT2D eigenvalue weighted by atomic mass is 10.2. The van der Waals surface area contributed by atoms with E-state index in [0.29, 0.717) is 17.9 Å². The smallest absolute Gasteiger partial charge is 0.222 e. The third-order valence-corrected chi connectivity index (χ3v) is 6.82. The summed E-state index contributed by atoms with van der Waals surface area (Å²) >= 11 is 0. The van der Waals surface area contributed by atoms with E-state index >= 15 is 0 Å². The zero-order valence-corrected chi connectivity index (χ0v) is 17.7. The van der Waals surface area contributed by atoms with Crippen LogP contribution in [0.25, 0.3) is 0 Å². The number of aromatic nitrogens is 1. The molecule has 29 heavy (non-hydrogen) atoms. The molecule has 0 spiro atoms. The summed E-state index contributed by atoms with van der Waals surface area (Å²) in [5.74, 6) is 0.524. The van der Waals surface area contributed by atoms with Crippen molar-refractivity contribution in [2.45, 2.75) is 37.1 Å². The fourth-order valence-corrected chi connectivity index (χ4v) is 4.99. The highest BCUT2D eigenvalue weighted by atomic mass is 32.2. The second kappa shape index (κ2) is 8.13. The molecule has 0 fully saturated rings. The van der Waals surface area contributed by atoms with Gasteiger partial charge >= 0.3 is 0 Å². The molecule has 0 atom stereocenters. The van der Waals surface area contributed by atoms with E-state index in [2.05, 4.69) is 5.32 Å². The molecule has 1 aromatic heterocycles. The number of rotatable bonds is 6. The van der Waals surface area contributed by atoms with Gasteiger partial charge in [-0.1, -0.05) is 30.3 Å². The molecule has 6 nitrogen and oxygen atoms in total. The molecule has 152 valence electrons. The molecule has 2 aromatic carbocycles. The van der Waals surface area contributed by atoms with E-state index in [1.807, 2.05) is 41.8 Å². The normalized spacial score (nSPS) is 11.3. The number of carbonyl (C=O) groups is 1. The van der Waals surface area contributed by atoms with Gasteiger partial charge in [-0.15, -0.1) is 0 Å². The number of sulfone groups is 1. The molecular weight excluding hydrogens is 388 g/mol. The summed E-state index contributed by atoms with van der Waals surface area (Å²) in [7, 11) is -2.33. The Morgan fingerprint density at radius 1 is 1.03 bits per heavy atom. The van der Waals surface area contributed by atoms with Crippen LogP contribution in [0.1, 0.15) is 23.7 Å². The molecule has 3 rings (SSSR count). The largest absolute Gasteiger partial charge is 0.497 e. The quantitative estimate of drug-likeness (QED) is 0.665. The Hall–Kier alpha value is -3.06. The number of hydrogen-bond donors (Lipinski definition) is 1. The molecule has 3 aromatic rings. The number of nitrogens with one attached hydrogen (secondary N) is 1. The fraction of sp³-hybridized carbons (Fsp3) is 0.227. The van der Waals surface area contributed by atoms with Crippen molar-refractivity contribution in [2.75, 3.05) is 12.4 Å². The molecule has 0 aliphatic carbocycles. The van der Waals surface area contributed by atoms with Crippen LogP contribution in [0, 0.1) is 13.8 Å². The zero-order chi connectivity index (χ0) is 21.2. The lowest BCUT2D eigenvalue weighted by Crippen LogP contribution is -2.15. The molecule has 0 bridgehead atoms. The second-order valence-corrected chi connectivity index (χ2v) is 8.71. The summed E-state index contributed by atoms with van der Waals surface area (Å²) in [5, 5.41) is 2.74. The van der Waals surface area contributed by atoms with E-state index in [1.165, 1.54) is 26.2 Å². The lowest BCUT2D eigenvalue weighted by molar-refractivity contribution is -0.114. The second-order valence-electron chi connectivity index (χ2n) is 6.82. The topological polar surface area (TPSA) is 77.4 Å². The summed E-state index contributed by atoms with van der Waals surface area (Å²) in [4.78, 5) is 12.2. The average Bonchev–Trinajstić information content (AvgIpc) is 2.93. The van der Waals surface area contributed by atoms with E-state index in [-0.39, 0.29) is 21.5 Å². The Kier molecular flexibility index (Phi) is 5.79. The van der Waals surface area contributed by atoms with Gasteiger partial charge in [-0.2, -0.15) is 0 Å². The van der Waals surface area contributed by atoms with Crippen LogP contribution in [0.3, 0.4) is 0 Å². The van der Waals surface area contributed by atoms with E-state index in [9.17, 15) is 13.2 Å². The van der Waals surface area contributed by atoms with Gasteiger partial charge < -0.3 is 14.6 Å². The summed E-state index contributed by atoms with van der Waals surface area (Å²) in [6.07, 6.45) is 0. The molecule has 1 amide bonds. The van der Waals surface area contributed by atoms with Crippen LogP contribution in [0.4, 0.5) is 5.82 Å². The summed E-state index contributed by atoms with van der Waals surface area (Å²) in [6.45, 7) is 5.44. The van der Waals surface area contributed by atoms with Crippen molar-refractivity contribution in [1.29, 1.82) is 0 Å².